The SMILES string of the molecule is COc1ccccc1N1CCN([C@H](c2cc3cc(C)cc(C)c3[nH]c2=O)c2nnnn2C[C@H]2CCCO2)CC1. The van der Waals surface area contributed by atoms with Crippen molar-refractivity contribution < 1.29 is 9.47 Å². The molecule has 4 aromatic rings. The number of aromatic amines is 1. The molecule has 2 saturated heterocycles. The standard InChI is InChI=1S/C29H35N7O3/c1-19-15-20(2)26-21(16-19)17-23(29(37)30-26)27(28-31-32-33-36(28)18-22-7-6-14-39-22)35-12-10-34(11-13-35)24-8-4-5-9-25(24)38-3/h4-5,8-9,15-17,22,27H,6-7,10-14,18H2,1-3H3,(H,30,37)/t22-,27-/m1/s1. The molecule has 2 aliphatic heterocycles. The number of aromatic nitrogens is 5. The number of methoxy groups -OCH3 is 1. The number of nitrogens with zero attached hydrogens (tertiary/aromatic N) is 6. The average molecular weight is 530 g/mol. The Morgan fingerprint density at radius 3 is 2.72 bits per heavy atom. The predicted octanol–water partition coefficient (Wildman–Crippen LogP) is 3.23. The zero-order valence-electron chi connectivity index (χ0n) is 22.8. The van der Waals surface area contributed by atoms with Crippen LogP contribution in [0.3, 0.4) is 0 Å². The van der Waals surface area contributed by atoms with Crippen molar-refractivity contribution in [3.05, 3.63) is 75.3 Å². The molecule has 0 amide bonds. The number of hydrogen-bond donors (Lipinski definition) is 1. The van der Waals surface area contributed by atoms with Crippen LogP contribution in [0.15, 0.2) is 47.3 Å². The Morgan fingerprint density at radius 2 is 1.95 bits per heavy atom. The highest BCUT2D eigenvalue weighted by Crippen LogP contribution is 2.32. The van der Waals surface area contributed by atoms with Gasteiger partial charge in [0.1, 0.15) is 11.8 Å². The van der Waals surface area contributed by atoms with Crippen molar-refractivity contribution in [3.63, 3.8) is 0 Å². The largest absolute Gasteiger partial charge is 0.495 e. The van der Waals surface area contributed by atoms with E-state index in [1.54, 1.807) is 7.11 Å². The number of para-hydroxylation sites is 2. The topological polar surface area (TPSA) is 101 Å². The summed E-state index contributed by atoms with van der Waals surface area (Å²) >= 11 is 0. The molecule has 4 heterocycles. The minimum Gasteiger partial charge on any atom is -0.495 e. The van der Waals surface area contributed by atoms with Gasteiger partial charge in [0.15, 0.2) is 5.82 Å². The second-order valence-electron chi connectivity index (χ2n) is 10.6. The third kappa shape index (κ3) is 5.02. The molecule has 1 N–H and O–H groups in total. The van der Waals surface area contributed by atoms with E-state index < -0.39 is 6.04 Å². The first-order valence-corrected chi connectivity index (χ1v) is 13.7. The molecule has 0 bridgehead atoms. The normalized spacial score (nSPS) is 19.1. The maximum absolute atomic E-state index is 13.7. The number of pyridine rings is 1. The van der Waals surface area contributed by atoms with Gasteiger partial charge >= 0.3 is 0 Å². The van der Waals surface area contributed by atoms with Crippen molar-refractivity contribution in [2.45, 2.75) is 45.4 Å². The van der Waals surface area contributed by atoms with Gasteiger partial charge in [0.2, 0.25) is 0 Å². The van der Waals surface area contributed by atoms with E-state index >= 15 is 0 Å². The summed E-state index contributed by atoms with van der Waals surface area (Å²) < 4.78 is 13.3. The lowest BCUT2D eigenvalue weighted by molar-refractivity contribution is 0.0906. The number of tetrazole rings is 1. The molecular weight excluding hydrogens is 494 g/mol. The maximum atomic E-state index is 13.7. The summed E-state index contributed by atoms with van der Waals surface area (Å²) in [6.07, 6.45) is 2.10. The second kappa shape index (κ2) is 10.8. The van der Waals surface area contributed by atoms with E-state index in [9.17, 15) is 4.79 Å². The number of fused-ring (bicyclic) bond motifs is 1. The van der Waals surface area contributed by atoms with Crippen molar-refractivity contribution in [2.75, 3.05) is 44.8 Å². The smallest absolute Gasteiger partial charge is 0.253 e. The third-order valence-electron chi connectivity index (χ3n) is 7.93. The first kappa shape index (κ1) is 25.5. The van der Waals surface area contributed by atoms with E-state index in [4.69, 9.17) is 9.47 Å². The van der Waals surface area contributed by atoms with E-state index in [1.807, 2.05) is 35.9 Å². The number of nitrogens with one attached hydrogen (secondary N) is 1. The summed E-state index contributed by atoms with van der Waals surface area (Å²) in [7, 11) is 1.70. The second-order valence-corrected chi connectivity index (χ2v) is 10.6. The van der Waals surface area contributed by atoms with E-state index in [-0.39, 0.29) is 11.7 Å². The van der Waals surface area contributed by atoms with E-state index in [0.717, 1.165) is 79.1 Å². The molecule has 2 aliphatic rings. The minimum absolute atomic E-state index is 0.0791. The number of rotatable bonds is 7. The molecule has 2 aromatic heterocycles. The fourth-order valence-corrected chi connectivity index (χ4v) is 6.04. The Bertz CT molecular complexity index is 1520. The highest BCUT2D eigenvalue weighted by atomic mass is 16.5. The highest BCUT2D eigenvalue weighted by Gasteiger charge is 2.34. The van der Waals surface area contributed by atoms with Crippen LogP contribution in [0, 0.1) is 13.8 Å². The first-order valence-electron chi connectivity index (χ1n) is 13.7. The van der Waals surface area contributed by atoms with Gasteiger partial charge in [-0.2, -0.15) is 0 Å². The molecular formula is C29H35N7O3. The van der Waals surface area contributed by atoms with Gasteiger partial charge in [0, 0.05) is 38.3 Å². The van der Waals surface area contributed by atoms with Crippen LogP contribution in [0.4, 0.5) is 5.69 Å². The lowest BCUT2D eigenvalue weighted by Crippen LogP contribution is -2.49. The number of anilines is 1. The van der Waals surface area contributed by atoms with Crippen LogP contribution >= 0.6 is 0 Å². The number of H-pyrrole nitrogens is 1. The van der Waals surface area contributed by atoms with Crippen molar-refractivity contribution in [1.82, 2.24) is 30.1 Å². The summed E-state index contributed by atoms with van der Waals surface area (Å²) in [6.45, 7) is 8.49. The zero-order valence-corrected chi connectivity index (χ0v) is 22.8. The maximum Gasteiger partial charge on any atom is 0.253 e. The fraction of sp³-hybridized carbons (Fsp3) is 0.448. The summed E-state index contributed by atoms with van der Waals surface area (Å²) in [6, 6.07) is 13.9. The van der Waals surface area contributed by atoms with Gasteiger partial charge in [-0.15, -0.1) is 5.10 Å². The fourth-order valence-electron chi connectivity index (χ4n) is 6.04. The van der Waals surface area contributed by atoms with E-state index in [2.05, 4.69) is 55.4 Å². The molecule has 2 atom stereocenters. The van der Waals surface area contributed by atoms with Gasteiger partial charge in [-0.05, 0) is 72.3 Å². The Labute approximate surface area is 227 Å². The summed E-state index contributed by atoms with van der Waals surface area (Å²) in [5, 5.41) is 13.9. The van der Waals surface area contributed by atoms with Crippen molar-refractivity contribution in [3.8, 4) is 5.75 Å². The molecule has 0 radical (unpaired) electrons. The van der Waals surface area contributed by atoms with Crippen LogP contribution in [0.5, 0.6) is 5.75 Å². The third-order valence-corrected chi connectivity index (χ3v) is 7.93. The van der Waals surface area contributed by atoms with E-state index in [0.29, 0.717) is 17.9 Å². The molecule has 39 heavy (non-hydrogen) atoms. The number of benzene rings is 2. The predicted molar refractivity (Wildman–Crippen MR) is 149 cm³/mol. The molecule has 0 spiro atoms. The molecule has 10 nitrogen and oxygen atoms in total. The van der Waals surface area contributed by atoms with Crippen molar-refractivity contribution >= 4 is 16.6 Å². The van der Waals surface area contributed by atoms with Crippen LogP contribution in [0.1, 0.15) is 41.4 Å². The van der Waals surface area contributed by atoms with Gasteiger partial charge in [0.25, 0.3) is 5.56 Å². The average Bonchev–Trinajstić information content (AvgIpc) is 3.63. The summed E-state index contributed by atoms with van der Waals surface area (Å²) in [5.74, 6) is 1.53. The van der Waals surface area contributed by atoms with Crippen LogP contribution in [-0.2, 0) is 11.3 Å². The molecule has 2 fully saturated rings. The molecule has 204 valence electrons. The van der Waals surface area contributed by atoms with Crippen LogP contribution in [0.25, 0.3) is 10.9 Å². The van der Waals surface area contributed by atoms with Crippen molar-refractivity contribution in [2.24, 2.45) is 0 Å². The number of hydrogen-bond acceptors (Lipinski definition) is 8. The van der Waals surface area contributed by atoms with Gasteiger partial charge < -0.3 is 19.4 Å². The molecule has 0 unspecified atom stereocenters. The molecule has 0 saturated carbocycles. The van der Waals surface area contributed by atoms with Gasteiger partial charge in [-0.25, -0.2) is 4.68 Å². The van der Waals surface area contributed by atoms with Gasteiger partial charge in [0.05, 0.1) is 31.0 Å². The first-order chi connectivity index (χ1) is 19.0. The van der Waals surface area contributed by atoms with Gasteiger partial charge in [-0.1, -0.05) is 23.8 Å². The summed E-state index contributed by atoms with van der Waals surface area (Å²) in [4.78, 5) is 21.5. The number of piperazine rings is 1. The number of aryl methyl sites for hydroxylation is 2. The van der Waals surface area contributed by atoms with Crippen molar-refractivity contribution in [1.29, 1.82) is 0 Å². The molecule has 10 heteroatoms. The monoisotopic (exact) mass is 529 g/mol. The molecule has 6 rings (SSSR count). The lowest BCUT2D eigenvalue weighted by atomic mass is 10.00. The quantitative estimate of drug-likeness (QED) is 0.390. The zero-order chi connectivity index (χ0) is 26.9. The van der Waals surface area contributed by atoms with Gasteiger partial charge in [-0.3, -0.25) is 9.69 Å². The minimum atomic E-state index is -0.393. The molecule has 2 aromatic carbocycles. The lowest BCUT2D eigenvalue weighted by Gasteiger charge is -2.40. The highest BCUT2D eigenvalue weighted by molar-refractivity contribution is 5.83. The van der Waals surface area contributed by atoms with Crippen LogP contribution < -0.4 is 15.2 Å². The molecule has 0 aliphatic carbocycles. The Balaban J connectivity index is 1.38. The van der Waals surface area contributed by atoms with E-state index in [1.165, 1.54) is 0 Å². The Kier molecular flexibility index (Phi) is 7.05. The van der Waals surface area contributed by atoms with Crippen LogP contribution in [-0.4, -0.2) is 76.1 Å². The van der Waals surface area contributed by atoms with Crippen LogP contribution in [0.2, 0.25) is 0 Å². The Hall–Kier alpha value is -3.76. The summed E-state index contributed by atoms with van der Waals surface area (Å²) in [5.41, 5.74) is 4.70. The number of ether oxygens (including phenoxy) is 2. The Morgan fingerprint density at radius 1 is 1.13 bits per heavy atom.